The van der Waals surface area contributed by atoms with Crippen LogP contribution >= 0.6 is 24.8 Å². The summed E-state index contributed by atoms with van der Waals surface area (Å²) < 4.78 is 0. The number of carbonyl (C=O) groups is 1. The van der Waals surface area contributed by atoms with Gasteiger partial charge in [0.1, 0.15) is 0 Å². The zero-order valence-corrected chi connectivity index (χ0v) is 15.4. The number of amides is 1. The van der Waals surface area contributed by atoms with Crippen LogP contribution in [0.2, 0.25) is 0 Å². The molecule has 27 heavy (non-hydrogen) atoms. The highest BCUT2D eigenvalue weighted by atomic mass is 35.5. The van der Waals surface area contributed by atoms with Gasteiger partial charge in [-0.15, -0.1) is 24.8 Å². The van der Waals surface area contributed by atoms with Crippen molar-refractivity contribution in [2.24, 2.45) is 21.5 Å². The predicted molar refractivity (Wildman–Crippen MR) is 108 cm³/mol. The number of rotatable bonds is 4. The van der Waals surface area contributed by atoms with Crippen LogP contribution in [0.15, 0.2) is 58.5 Å². The highest BCUT2D eigenvalue weighted by Crippen LogP contribution is 2.18. The third kappa shape index (κ3) is 7.38. The van der Waals surface area contributed by atoms with Crippen LogP contribution in [-0.4, -0.2) is 28.2 Å². The smallest absolute Gasteiger partial charge is 0.255 e. The first-order valence-corrected chi connectivity index (χ1v) is 7.02. The zero-order chi connectivity index (χ0) is 18.2. The van der Waals surface area contributed by atoms with E-state index in [1.807, 2.05) is 0 Å². The summed E-state index contributed by atoms with van der Waals surface area (Å²) in [6, 6.07) is 12.9. The summed E-state index contributed by atoms with van der Waals surface area (Å²) in [6.45, 7) is 0. The van der Waals surface area contributed by atoms with Gasteiger partial charge in [0.25, 0.3) is 5.91 Å². The summed E-state index contributed by atoms with van der Waals surface area (Å²) >= 11 is 0. The Morgan fingerprint density at radius 1 is 0.778 bits per heavy atom. The fourth-order valence-corrected chi connectivity index (χ4v) is 1.84. The summed E-state index contributed by atoms with van der Waals surface area (Å²) in [5.41, 5.74) is 16.1. The molecule has 2 aromatic carbocycles. The van der Waals surface area contributed by atoms with Crippen LogP contribution in [0, 0.1) is 0 Å². The Labute approximate surface area is 167 Å². The summed E-state index contributed by atoms with van der Waals surface area (Å²) in [7, 11) is 0. The van der Waals surface area contributed by atoms with E-state index in [0.717, 1.165) is 0 Å². The molecular formula is C15H19Cl2N7O3. The lowest BCUT2D eigenvalue weighted by Gasteiger charge is -2.06. The lowest BCUT2D eigenvalue weighted by molar-refractivity contribution is 0.102. The molecule has 0 saturated carbocycles. The van der Waals surface area contributed by atoms with E-state index in [2.05, 4.69) is 15.3 Å². The molecule has 0 aromatic heterocycles. The first-order valence-electron chi connectivity index (χ1n) is 7.02. The molecule has 146 valence electrons. The Morgan fingerprint density at radius 2 is 1.19 bits per heavy atom. The highest BCUT2D eigenvalue weighted by Gasteiger charge is 2.06. The van der Waals surface area contributed by atoms with Crippen LogP contribution in [-0.2, 0) is 0 Å². The van der Waals surface area contributed by atoms with Crippen molar-refractivity contribution in [3.05, 3.63) is 54.1 Å². The number of guanidine groups is 2. The van der Waals surface area contributed by atoms with E-state index in [1.165, 1.54) is 0 Å². The largest absolute Gasteiger partial charge is 0.368 e. The average molecular weight is 416 g/mol. The molecule has 0 unspecified atom stereocenters. The number of benzene rings is 2. The Morgan fingerprint density at radius 3 is 1.59 bits per heavy atom. The molecule has 0 spiro atoms. The van der Waals surface area contributed by atoms with Crippen molar-refractivity contribution < 1.29 is 15.2 Å². The summed E-state index contributed by atoms with van der Waals surface area (Å²) in [4.78, 5) is 19.9. The summed E-state index contributed by atoms with van der Waals surface area (Å²) in [5, 5.41) is 19.9. The van der Waals surface area contributed by atoms with E-state index in [0.29, 0.717) is 22.6 Å². The van der Waals surface area contributed by atoms with Crippen molar-refractivity contribution in [1.82, 2.24) is 11.0 Å². The maximum absolute atomic E-state index is 12.2. The Bertz CT molecular complexity index is 796. The number of hydroxylamine groups is 2. The topological polar surface area (TPSA) is 170 Å². The number of hydrogen-bond acceptors (Lipinski definition) is 5. The average Bonchev–Trinajstić information content (AvgIpc) is 2.63. The first-order chi connectivity index (χ1) is 12.0. The van der Waals surface area contributed by atoms with Gasteiger partial charge in [0, 0.05) is 11.3 Å². The molecule has 2 aromatic rings. The number of aliphatic imine (C=N–C) groups is 2. The summed E-state index contributed by atoms with van der Waals surface area (Å²) in [5.74, 6) is -0.606. The molecule has 0 atom stereocenters. The minimum Gasteiger partial charge on any atom is -0.368 e. The third-order valence-corrected chi connectivity index (χ3v) is 2.98. The van der Waals surface area contributed by atoms with E-state index in [-0.39, 0.29) is 42.6 Å². The fraction of sp³-hybridized carbons (Fsp3) is 0. The second kappa shape index (κ2) is 11.5. The van der Waals surface area contributed by atoms with E-state index in [4.69, 9.17) is 21.9 Å². The van der Waals surface area contributed by atoms with Crippen molar-refractivity contribution in [3.8, 4) is 0 Å². The molecule has 9 N–H and O–H groups in total. The van der Waals surface area contributed by atoms with E-state index < -0.39 is 0 Å². The number of nitrogens with zero attached hydrogens (tertiary/aromatic N) is 2. The molecule has 0 aliphatic rings. The minimum atomic E-state index is -0.309. The molecular weight excluding hydrogens is 397 g/mol. The van der Waals surface area contributed by atoms with Gasteiger partial charge in [0.2, 0.25) is 11.9 Å². The second-order valence-electron chi connectivity index (χ2n) is 4.77. The van der Waals surface area contributed by atoms with Crippen LogP contribution in [0.3, 0.4) is 0 Å². The van der Waals surface area contributed by atoms with Gasteiger partial charge in [-0.05, 0) is 48.5 Å². The van der Waals surface area contributed by atoms with E-state index in [9.17, 15) is 4.79 Å². The van der Waals surface area contributed by atoms with Crippen molar-refractivity contribution in [2.45, 2.75) is 0 Å². The van der Waals surface area contributed by atoms with Crippen LogP contribution in [0.4, 0.5) is 17.1 Å². The van der Waals surface area contributed by atoms with E-state index >= 15 is 0 Å². The van der Waals surface area contributed by atoms with Crippen LogP contribution in [0.5, 0.6) is 0 Å². The molecule has 2 rings (SSSR count). The van der Waals surface area contributed by atoms with Gasteiger partial charge in [0.05, 0.1) is 11.4 Å². The third-order valence-electron chi connectivity index (χ3n) is 2.98. The monoisotopic (exact) mass is 415 g/mol. The molecule has 0 fully saturated rings. The number of nitrogens with one attached hydrogen (secondary N) is 3. The minimum absolute atomic E-state index is 0. The number of nitrogens with two attached hydrogens (primary N) is 2. The van der Waals surface area contributed by atoms with Gasteiger partial charge in [-0.3, -0.25) is 15.2 Å². The fourth-order valence-electron chi connectivity index (χ4n) is 1.84. The predicted octanol–water partition coefficient (Wildman–Crippen LogP) is 1.63. The van der Waals surface area contributed by atoms with Crippen LogP contribution in [0.1, 0.15) is 10.4 Å². The lowest BCUT2D eigenvalue weighted by atomic mass is 10.2. The van der Waals surface area contributed by atoms with Crippen molar-refractivity contribution in [2.75, 3.05) is 5.32 Å². The number of hydrogen-bond donors (Lipinski definition) is 7. The molecule has 12 heteroatoms. The maximum Gasteiger partial charge on any atom is 0.255 e. The number of halogens is 2. The molecule has 1 amide bonds. The highest BCUT2D eigenvalue weighted by molar-refractivity contribution is 6.04. The molecule has 0 radical (unpaired) electrons. The van der Waals surface area contributed by atoms with Gasteiger partial charge in [-0.2, -0.15) is 0 Å². The molecule has 0 aliphatic heterocycles. The van der Waals surface area contributed by atoms with Gasteiger partial charge in [0.15, 0.2) is 0 Å². The van der Waals surface area contributed by atoms with Crippen LogP contribution < -0.4 is 27.7 Å². The van der Waals surface area contributed by atoms with Gasteiger partial charge >= 0.3 is 0 Å². The first kappa shape index (κ1) is 23.9. The molecule has 0 bridgehead atoms. The van der Waals surface area contributed by atoms with E-state index in [1.54, 1.807) is 59.5 Å². The Kier molecular flexibility index (Phi) is 10.2. The zero-order valence-electron chi connectivity index (χ0n) is 13.8. The molecule has 10 nitrogen and oxygen atoms in total. The van der Waals surface area contributed by atoms with Gasteiger partial charge in [-0.25, -0.2) is 20.9 Å². The standard InChI is InChI=1S/C15H17N7O3.2ClH/c16-14(21-24)19-11-3-1-9(2-4-11)13(23)18-10-5-7-12(8-6-10)20-15(17)22-25;;/h1-8,24-25H,(H,18,23)(H3,16,19,21)(H3,17,20,22);2*1H. The van der Waals surface area contributed by atoms with Gasteiger partial charge in [-0.1, -0.05) is 0 Å². The van der Waals surface area contributed by atoms with Gasteiger partial charge < -0.3 is 16.8 Å². The SMILES string of the molecule is Cl.Cl.NC(=Nc1ccc(NC(=O)c2ccc(N=C(N)NO)cc2)cc1)NO. The lowest BCUT2D eigenvalue weighted by Crippen LogP contribution is -2.27. The Balaban J connectivity index is 0.00000338. The second-order valence-corrected chi connectivity index (χ2v) is 4.77. The maximum atomic E-state index is 12.2. The quantitative estimate of drug-likeness (QED) is 0.226. The number of carbonyl (C=O) groups excluding carboxylic acids is 1. The van der Waals surface area contributed by atoms with Crippen molar-refractivity contribution in [1.29, 1.82) is 0 Å². The van der Waals surface area contributed by atoms with Crippen molar-refractivity contribution >= 4 is 59.7 Å². The molecule has 0 heterocycles. The molecule has 0 aliphatic carbocycles. The van der Waals surface area contributed by atoms with Crippen molar-refractivity contribution in [3.63, 3.8) is 0 Å². The molecule has 0 saturated heterocycles. The number of anilines is 1. The summed E-state index contributed by atoms with van der Waals surface area (Å²) in [6.07, 6.45) is 0. The van der Waals surface area contributed by atoms with Crippen LogP contribution in [0.25, 0.3) is 0 Å². The normalized spacial score (nSPS) is 10.9. The Hall–Kier alpha value is -3.05.